The van der Waals surface area contributed by atoms with E-state index in [0.717, 1.165) is 4.57 Å². The highest BCUT2D eigenvalue weighted by atomic mass is 19.1. The zero-order valence-electron chi connectivity index (χ0n) is 11.4. The Balaban J connectivity index is 2.33. The maximum atomic E-state index is 13.0. The Labute approximate surface area is 118 Å². The summed E-state index contributed by atoms with van der Waals surface area (Å²) in [6.45, 7) is 0. The van der Waals surface area contributed by atoms with Crippen molar-refractivity contribution in [3.05, 3.63) is 57.1 Å². The summed E-state index contributed by atoms with van der Waals surface area (Å²) in [5.41, 5.74) is 0.134. The van der Waals surface area contributed by atoms with Crippen LogP contribution >= 0.6 is 0 Å². The van der Waals surface area contributed by atoms with Crippen LogP contribution in [0.3, 0.4) is 0 Å². The first-order chi connectivity index (χ1) is 9.97. The predicted molar refractivity (Wildman–Crippen MR) is 74.5 cm³/mol. The van der Waals surface area contributed by atoms with E-state index in [2.05, 4.69) is 9.97 Å². The van der Waals surface area contributed by atoms with Gasteiger partial charge in [0.15, 0.2) is 11.5 Å². The number of nitrogens with zero attached hydrogens (tertiary/aromatic N) is 4. The topological polar surface area (TPSA) is 69.8 Å². The van der Waals surface area contributed by atoms with Crippen LogP contribution in [0.1, 0.15) is 0 Å². The molecule has 2 aliphatic heterocycles. The SMILES string of the molecule is Cn1cc(-c2ccc(F)cc2)nc2c(=O)n(C)c(=O)nc1-2. The molecule has 7 heteroatoms. The molecule has 3 rings (SSSR count). The molecule has 0 atom stereocenters. The minimum absolute atomic E-state index is 0.0985. The van der Waals surface area contributed by atoms with Gasteiger partial charge >= 0.3 is 5.69 Å². The number of aromatic nitrogens is 4. The summed E-state index contributed by atoms with van der Waals surface area (Å²) in [4.78, 5) is 31.8. The summed E-state index contributed by atoms with van der Waals surface area (Å²) in [6, 6.07) is 5.78. The average molecular weight is 286 g/mol. The molecule has 0 amide bonds. The van der Waals surface area contributed by atoms with Crippen LogP contribution in [0.4, 0.5) is 4.39 Å². The summed E-state index contributed by atoms with van der Waals surface area (Å²) >= 11 is 0. The summed E-state index contributed by atoms with van der Waals surface area (Å²) in [5.74, 6) is -0.133. The van der Waals surface area contributed by atoms with E-state index >= 15 is 0 Å². The van der Waals surface area contributed by atoms with E-state index in [9.17, 15) is 14.0 Å². The van der Waals surface area contributed by atoms with Crippen LogP contribution in [-0.4, -0.2) is 19.1 Å². The van der Waals surface area contributed by atoms with Gasteiger partial charge in [0.1, 0.15) is 5.82 Å². The summed E-state index contributed by atoms with van der Waals surface area (Å²) < 4.78 is 15.4. The Morgan fingerprint density at radius 3 is 2.38 bits per heavy atom. The minimum atomic E-state index is -0.626. The van der Waals surface area contributed by atoms with Gasteiger partial charge in [-0.1, -0.05) is 0 Å². The second-order valence-electron chi connectivity index (χ2n) is 4.67. The zero-order valence-corrected chi connectivity index (χ0v) is 11.4. The van der Waals surface area contributed by atoms with Gasteiger partial charge in [-0.2, -0.15) is 4.98 Å². The van der Waals surface area contributed by atoms with E-state index in [0.29, 0.717) is 11.3 Å². The van der Waals surface area contributed by atoms with E-state index in [-0.39, 0.29) is 17.3 Å². The molecule has 0 unspecified atom stereocenters. The number of hydrogen-bond donors (Lipinski definition) is 0. The maximum Gasteiger partial charge on any atom is 0.352 e. The largest absolute Gasteiger partial charge is 0.352 e. The normalized spacial score (nSPS) is 11.0. The van der Waals surface area contributed by atoms with E-state index in [4.69, 9.17) is 0 Å². The monoisotopic (exact) mass is 286 g/mol. The van der Waals surface area contributed by atoms with E-state index in [1.165, 1.54) is 19.2 Å². The van der Waals surface area contributed by atoms with Crippen LogP contribution in [-0.2, 0) is 14.1 Å². The minimum Gasteiger partial charge on any atom is -0.332 e. The molecule has 0 spiro atoms. The van der Waals surface area contributed by atoms with Gasteiger partial charge in [-0.3, -0.25) is 9.36 Å². The molecule has 6 nitrogen and oxygen atoms in total. The molecule has 2 heterocycles. The van der Waals surface area contributed by atoms with Crippen molar-refractivity contribution in [2.75, 3.05) is 0 Å². The number of halogens is 1. The lowest BCUT2D eigenvalue weighted by molar-refractivity contribution is 0.628. The van der Waals surface area contributed by atoms with Crippen LogP contribution < -0.4 is 11.2 Å². The first kappa shape index (κ1) is 13.2. The van der Waals surface area contributed by atoms with Crippen molar-refractivity contribution in [3.8, 4) is 22.8 Å². The highest BCUT2D eigenvalue weighted by molar-refractivity contribution is 5.63. The summed E-state index contributed by atoms with van der Waals surface area (Å²) in [6.07, 6.45) is 1.64. The van der Waals surface area contributed by atoms with Crippen molar-refractivity contribution in [1.82, 2.24) is 19.1 Å². The highest BCUT2D eigenvalue weighted by Gasteiger charge is 2.18. The molecule has 0 N–H and O–H groups in total. The molecule has 0 radical (unpaired) electrons. The van der Waals surface area contributed by atoms with Gasteiger partial charge in [0.2, 0.25) is 0 Å². The Hall–Kier alpha value is -2.83. The van der Waals surface area contributed by atoms with Crippen molar-refractivity contribution >= 4 is 0 Å². The standard InChI is InChI=1S/C14H11FN4O2/c1-18-7-10(8-3-5-9(15)6-4-8)16-11-12(18)17-14(21)19(2)13(11)20/h3-7H,1-2H3. The molecule has 0 aliphatic carbocycles. The van der Waals surface area contributed by atoms with Crippen molar-refractivity contribution < 1.29 is 4.39 Å². The molecule has 0 fully saturated rings. The van der Waals surface area contributed by atoms with Crippen molar-refractivity contribution in [1.29, 1.82) is 0 Å². The molecular formula is C14H11FN4O2. The molecule has 106 valence electrons. The molecule has 0 saturated heterocycles. The molecule has 2 aliphatic rings. The van der Waals surface area contributed by atoms with Gasteiger partial charge in [-0.05, 0) is 24.3 Å². The fraction of sp³-hybridized carbons (Fsp3) is 0.143. The van der Waals surface area contributed by atoms with Gasteiger partial charge in [-0.25, -0.2) is 14.2 Å². The maximum absolute atomic E-state index is 13.0. The van der Waals surface area contributed by atoms with Crippen molar-refractivity contribution in [2.24, 2.45) is 14.1 Å². The number of aryl methyl sites for hydroxylation is 1. The third kappa shape index (κ3) is 2.12. The molecule has 21 heavy (non-hydrogen) atoms. The molecular weight excluding hydrogens is 275 g/mol. The van der Waals surface area contributed by atoms with Crippen LogP contribution in [0.5, 0.6) is 0 Å². The third-order valence-electron chi connectivity index (χ3n) is 3.23. The number of benzene rings is 1. The lowest BCUT2D eigenvalue weighted by Crippen LogP contribution is -2.36. The zero-order chi connectivity index (χ0) is 15.1. The quantitative estimate of drug-likeness (QED) is 0.663. The van der Waals surface area contributed by atoms with Gasteiger partial charge in [0.05, 0.1) is 5.69 Å². The third-order valence-corrected chi connectivity index (χ3v) is 3.23. The molecule has 0 saturated carbocycles. The first-order valence-electron chi connectivity index (χ1n) is 6.18. The fourth-order valence-electron chi connectivity index (χ4n) is 2.06. The van der Waals surface area contributed by atoms with Gasteiger partial charge < -0.3 is 4.57 Å². The van der Waals surface area contributed by atoms with Crippen LogP contribution in [0.2, 0.25) is 0 Å². The van der Waals surface area contributed by atoms with Crippen LogP contribution in [0, 0.1) is 5.82 Å². The van der Waals surface area contributed by atoms with Gasteiger partial charge in [0, 0.05) is 25.9 Å². The van der Waals surface area contributed by atoms with Gasteiger partial charge in [-0.15, -0.1) is 0 Å². The average Bonchev–Trinajstić information content (AvgIpc) is 2.47. The number of fused-ring (bicyclic) bond motifs is 1. The van der Waals surface area contributed by atoms with Crippen molar-refractivity contribution in [3.63, 3.8) is 0 Å². The molecule has 0 bridgehead atoms. The first-order valence-corrected chi connectivity index (χ1v) is 6.18. The molecule has 1 aromatic rings. The smallest absolute Gasteiger partial charge is 0.332 e. The van der Waals surface area contributed by atoms with E-state index in [1.54, 1.807) is 29.9 Å². The van der Waals surface area contributed by atoms with Crippen LogP contribution in [0.15, 0.2) is 40.1 Å². The second kappa shape index (κ2) is 4.62. The van der Waals surface area contributed by atoms with Crippen molar-refractivity contribution in [2.45, 2.75) is 0 Å². The summed E-state index contributed by atoms with van der Waals surface area (Å²) in [5, 5.41) is 0. The van der Waals surface area contributed by atoms with Crippen LogP contribution in [0.25, 0.3) is 22.8 Å². The Kier molecular flexibility index (Phi) is 2.90. The lowest BCUT2D eigenvalue weighted by atomic mass is 10.1. The lowest BCUT2D eigenvalue weighted by Gasteiger charge is -2.12. The fourth-order valence-corrected chi connectivity index (χ4v) is 2.06. The number of rotatable bonds is 1. The summed E-state index contributed by atoms with van der Waals surface area (Å²) in [7, 11) is 3.02. The Morgan fingerprint density at radius 2 is 1.71 bits per heavy atom. The predicted octanol–water partition coefficient (Wildman–Crippen LogP) is 0.785. The van der Waals surface area contributed by atoms with E-state index < -0.39 is 11.2 Å². The Bertz CT molecular complexity index is 912. The highest BCUT2D eigenvalue weighted by Crippen LogP contribution is 2.20. The van der Waals surface area contributed by atoms with Gasteiger partial charge in [0.25, 0.3) is 5.56 Å². The number of hydrogen-bond acceptors (Lipinski definition) is 4. The molecule has 0 aromatic heterocycles. The van der Waals surface area contributed by atoms with E-state index in [1.807, 2.05) is 0 Å². The molecule has 1 aromatic carbocycles. The second-order valence-corrected chi connectivity index (χ2v) is 4.67. The Morgan fingerprint density at radius 1 is 1.05 bits per heavy atom.